The number of nitro groups is 1. The van der Waals surface area contributed by atoms with Gasteiger partial charge in [-0.25, -0.2) is 12.7 Å². The van der Waals surface area contributed by atoms with E-state index in [1.165, 1.54) is 18.2 Å². The molecule has 0 N–H and O–H groups in total. The van der Waals surface area contributed by atoms with E-state index in [1.807, 2.05) is 0 Å². The van der Waals surface area contributed by atoms with Gasteiger partial charge in [-0.15, -0.1) is 0 Å². The zero-order valence-corrected chi connectivity index (χ0v) is 15.5. The summed E-state index contributed by atoms with van der Waals surface area (Å²) in [5, 5.41) is 11.3. The van der Waals surface area contributed by atoms with Crippen LogP contribution in [0.4, 0.5) is 5.69 Å². The zero-order valence-electron chi connectivity index (χ0n) is 14.7. The Kier molecular flexibility index (Phi) is 4.79. The van der Waals surface area contributed by atoms with Crippen LogP contribution in [0.15, 0.2) is 41.3 Å². The standard InChI is InChI=1S/C17H16N2O8S/c1-27-16(22)17-8-6-11(20)10-14(17)18(15(21)7-9-17)28(25,26)13-5-3-2-4-12(13)19(23)24/h2-5,7,9,14H,6,8,10H2,1H3/t14-,17+/m0/s1. The second-order valence-corrected chi connectivity index (χ2v) is 8.27. The van der Waals surface area contributed by atoms with Crippen LogP contribution in [0.1, 0.15) is 19.3 Å². The maximum Gasteiger partial charge on any atom is 0.317 e. The van der Waals surface area contributed by atoms with Crippen molar-refractivity contribution in [2.24, 2.45) is 5.41 Å². The van der Waals surface area contributed by atoms with Crippen molar-refractivity contribution in [2.45, 2.75) is 30.2 Å². The Hall–Kier alpha value is -3.08. The van der Waals surface area contributed by atoms with Crippen molar-refractivity contribution in [1.82, 2.24) is 4.31 Å². The summed E-state index contributed by atoms with van der Waals surface area (Å²) in [6, 6.07) is 3.21. The lowest BCUT2D eigenvalue weighted by Crippen LogP contribution is -2.60. The van der Waals surface area contributed by atoms with E-state index < -0.39 is 48.9 Å². The van der Waals surface area contributed by atoms with Crippen molar-refractivity contribution in [3.05, 3.63) is 46.5 Å². The van der Waals surface area contributed by atoms with Gasteiger partial charge in [-0.05, 0) is 12.5 Å². The fourth-order valence-electron chi connectivity index (χ4n) is 3.66. The fraction of sp³-hybridized carbons (Fsp3) is 0.353. The molecular weight excluding hydrogens is 392 g/mol. The van der Waals surface area contributed by atoms with E-state index in [-0.39, 0.29) is 25.0 Å². The first kappa shape index (κ1) is 19.7. The summed E-state index contributed by atoms with van der Waals surface area (Å²) in [6.45, 7) is 0. The second-order valence-electron chi connectivity index (χ2n) is 6.49. The largest absolute Gasteiger partial charge is 0.468 e. The molecule has 1 aromatic carbocycles. The number of benzene rings is 1. The minimum Gasteiger partial charge on any atom is -0.468 e. The number of carbonyl (C=O) groups is 3. The minimum absolute atomic E-state index is 0.0174. The summed E-state index contributed by atoms with van der Waals surface area (Å²) in [5.41, 5.74) is -2.23. The minimum atomic E-state index is -4.73. The predicted molar refractivity (Wildman–Crippen MR) is 93.4 cm³/mol. The van der Waals surface area contributed by atoms with Crippen LogP contribution in [0.2, 0.25) is 0 Å². The van der Waals surface area contributed by atoms with Gasteiger partial charge in [0.1, 0.15) is 11.2 Å². The van der Waals surface area contributed by atoms with Crippen molar-refractivity contribution in [3.8, 4) is 0 Å². The van der Waals surface area contributed by atoms with Gasteiger partial charge < -0.3 is 4.74 Å². The third kappa shape index (κ3) is 2.87. The van der Waals surface area contributed by atoms with Crippen molar-refractivity contribution in [3.63, 3.8) is 0 Å². The average molecular weight is 408 g/mol. The molecule has 1 amide bonds. The summed E-state index contributed by atoms with van der Waals surface area (Å²) in [4.78, 5) is 46.8. The number of para-hydroxylation sites is 1. The number of hydrogen-bond donors (Lipinski definition) is 0. The molecule has 2 atom stereocenters. The Labute approximate surface area is 160 Å². The number of nitrogens with zero attached hydrogens (tertiary/aromatic N) is 2. The molecule has 0 unspecified atom stereocenters. The lowest BCUT2D eigenvalue weighted by Gasteiger charge is -2.45. The van der Waals surface area contributed by atoms with Crippen molar-refractivity contribution in [2.75, 3.05) is 7.11 Å². The summed E-state index contributed by atoms with van der Waals surface area (Å²) in [7, 11) is -3.61. The van der Waals surface area contributed by atoms with Gasteiger partial charge >= 0.3 is 5.97 Å². The first-order valence-corrected chi connectivity index (χ1v) is 9.70. The molecule has 1 heterocycles. The topological polar surface area (TPSA) is 141 Å². The van der Waals surface area contributed by atoms with E-state index in [4.69, 9.17) is 4.74 Å². The smallest absolute Gasteiger partial charge is 0.317 e. The van der Waals surface area contributed by atoms with E-state index in [0.717, 1.165) is 25.3 Å². The number of esters is 1. The first-order chi connectivity index (χ1) is 13.1. The number of fused-ring (bicyclic) bond motifs is 1. The summed E-state index contributed by atoms with van der Waals surface area (Å²) >= 11 is 0. The monoisotopic (exact) mass is 408 g/mol. The number of rotatable bonds is 4. The summed E-state index contributed by atoms with van der Waals surface area (Å²) in [6.07, 6.45) is 1.80. The van der Waals surface area contributed by atoms with Gasteiger partial charge in [-0.1, -0.05) is 18.2 Å². The molecule has 3 rings (SSSR count). The molecule has 0 radical (unpaired) electrons. The average Bonchev–Trinajstić information content (AvgIpc) is 2.67. The van der Waals surface area contributed by atoms with Crippen LogP contribution in [0.5, 0.6) is 0 Å². The maximum absolute atomic E-state index is 13.2. The Morgan fingerprint density at radius 3 is 2.64 bits per heavy atom. The van der Waals surface area contributed by atoms with Crippen LogP contribution in [-0.2, 0) is 29.1 Å². The van der Waals surface area contributed by atoms with E-state index in [1.54, 1.807) is 0 Å². The molecule has 10 nitrogen and oxygen atoms in total. The highest BCUT2D eigenvalue weighted by molar-refractivity contribution is 7.89. The van der Waals surface area contributed by atoms with Crippen molar-refractivity contribution in [1.29, 1.82) is 0 Å². The van der Waals surface area contributed by atoms with Crippen LogP contribution < -0.4 is 0 Å². The van der Waals surface area contributed by atoms with E-state index >= 15 is 0 Å². The normalized spacial score (nSPS) is 24.6. The van der Waals surface area contributed by atoms with Crippen LogP contribution >= 0.6 is 0 Å². The van der Waals surface area contributed by atoms with Crippen LogP contribution in [-0.4, -0.2) is 48.5 Å². The Morgan fingerprint density at radius 2 is 2.00 bits per heavy atom. The van der Waals surface area contributed by atoms with Gasteiger partial charge in [-0.3, -0.25) is 24.5 Å². The molecule has 0 spiro atoms. The lowest BCUT2D eigenvalue weighted by molar-refractivity contribution is -0.387. The molecule has 1 fully saturated rings. The third-order valence-corrected chi connectivity index (χ3v) is 6.87. The second kappa shape index (κ2) is 6.82. The number of methoxy groups -OCH3 is 1. The number of ether oxygens (including phenoxy) is 1. The Bertz CT molecular complexity index is 1020. The predicted octanol–water partition coefficient (Wildman–Crippen LogP) is 0.963. The Balaban J connectivity index is 2.21. The highest BCUT2D eigenvalue weighted by atomic mass is 32.2. The van der Waals surface area contributed by atoms with Crippen LogP contribution in [0.3, 0.4) is 0 Å². The van der Waals surface area contributed by atoms with E-state index in [0.29, 0.717) is 4.31 Å². The molecule has 28 heavy (non-hydrogen) atoms. The van der Waals surface area contributed by atoms with E-state index in [2.05, 4.69) is 0 Å². The number of ketones is 1. The zero-order chi connectivity index (χ0) is 20.7. The first-order valence-electron chi connectivity index (χ1n) is 8.26. The molecule has 1 saturated carbocycles. The molecule has 11 heteroatoms. The molecule has 0 saturated heterocycles. The van der Waals surface area contributed by atoms with Gasteiger partial charge in [0.15, 0.2) is 4.90 Å². The number of Topliss-reactive ketones (excluding diaryl/α,β-unsaturated/α-hetero) is 1. The van der Waals surface area contributed by atoms with Crippen LogP contribution in [0.25, 0.3) is 0 Å². The molecule has 1 aliphatic carbocycles. The quantitative estimate of drug-likeness (QED) is 0.407. The van der Waals surface area contributed by atoms with Gasteiger partial charge in [0.2, 0.25) is 0 Å². The molecule has 0 aromatic heterocycles. The molecule has 1 aromatic rings. The van der Waals surface area contributed by atoms with Crippen molar-refractivity contribution >= 4 is 33.4 Å². The lowest BCUT2D eigenvalue weighted by atomic mass is 9.68. The third-order valence-electron chi connectivity index (χ3n) is 5.02. The number of nitro benzene ring substituents is 1. The van der Waals surface area contributed by atoms with Gasteiger partial charge in [0.05, 0.1) is 18.1 Å². The molecule has 148 valence electrons. The molecule has 2 aliphatic rings. The summed E-state index contributed by atoms with van der Waals surface area (Å²) in [5.74, 6) is -2.09. The van der Waals surface area contributed by atoms with E-state index in [9.17, 15) is 32.9 Å². The number of carbonyl (C=O) groups excluding carboxylic acids is 3. The van der Waals surface area contributed by atoms with Crippen molar-refractivity contribution < 1.29 is 32.5 Å². The number of sulfonamides is 1. The maximum atomic E-state index is 13.2. The number of hydrogen-bond acceptors (Lipinski definition) is 8. The van der Waals surface area contributed by atoms with Gasteiger partial charge in [0, 0.05) is 25.0 Å². The summed E-state index contributed by atoms with van der Waals surface area (Å²) < 4.78 is 31.7. The fourth-order valence-corrected chi connectivity index (χ4v) is 5.43. The number of amides is 1. The molecular formula is C17H16N2O8S. The highest BCUT2D eigenvalue weighted by Crippen LogP contribution is 2.45. The SMILES string of the molecule is COC(=O)[C@]12C=CC(=O)N(S(=O)(=O)c3ccccc3[N+](=O)[O-])[C@H]1CC(=O)CC2. The Morgan fingerprint density at radius 1 is 1.32 bits per heavy atom. The van der Waals surface area contributed by atoms with Gasteiger partial charge in [-0.2, -0.15) is 0 Å². The van der Waals surface area contributed by atoms with Gasteiger partial charge in [0.25, 0.3) is 21.6 Å². The molecule has 1 aliphatic heterocycles. The van der Waals surface area contributed by atoms with Crippen LogP contribution in [0, 0.1) is 15.5 Å². The highest BCUT2D eigenvalue weighted by Gasteiger charge is 2.57. The molecule has 0 bridgehead atoms.